The first-order valence-electron chi connectivity index (χ1n) is 13.7. The third-order valence-electron chi connectivity index (χ3n) is 9.20. The van der Waals surface area contributed by atoms with E-state index in [2.05, 4.69) is 13.8 Å². The standard InChI is InChI=1S/C28H50O/c1-3-5-7-9-11-13-24-15-19-27(20-16-24)23-28(26(27)29)21-17-25(18-22-28)14-12-10-8-6-4-2/h24-25H,3-23H2,1-2H3/t24?,25?,27-,28-. The van der Waals surface area contributed by atoms with Crippen LogP contribution in [0.4, 0.5) is 0 Å². The second-order valence-corrected chi connectivity index (χ2v) is 11.4. The van der Waals surface area contributed by atoms with Crippen LogP contribution in [0.25, 0.3) is 0 Å². The lowest BCUT2D eigenvalue weighted by Crippen LogP contribution is -2.59. The van der Waals surface area contributed by atoms with Crippen LogP contribution in [0.2, 0.25) is 0 Å². The normalized spacial score (nSPS) is 34.6. The van der Waals surface area contributed by atoms with Crippen LogP contribution < -0.4 is 0 Å². The molecule has 2 spiro atoms. The van der Waals surface area contributed by atoms with E-state index in [9.17, 15) is 4.79 Å². The second kappa shape index (κ2) is 11.3. The third-order valence-corrected chi connectivity index (χ3v) is 9.20. The Balaban J connectivity index is 1.32. The molecule has 1 nitrogen and oxygen atoms in total. The summed E-state index contributed by atoms with van der Waals surface area (Å²) >= 11 is 0. The molecule has 29 heavy (non-hydrogen) atoms. The van der Waals surface area contributed by atoms with Gasteiger partial charge in [0.1, 0.15) is 5.78 Å². The molecule has 0 heterocycles. The average molecular weight is 403 g/mol. The number of rotatable bonds is 12. The molecule has 0 bridgehead atoms. The highest BCUT2D eigenvalue weighted by atomic mass is 16.1. The first-order valence-corrected chi connectivity index (χ1v) is 13.7. The van der Waals surface area contributed by atoms with Crippen molar-refractivity contribution in [1.82, 2.24) is 0 Å². The summed E-state index contributed by atoms with van der Waals surface area (Å²) in [6.45, 7) is 4.59. The van der Waals surface area contributed by atoms with Gasteiger partial charge in [-0.3, -0.25) is 4.79 Å². The minimum atomic E-state index is 0.145. The summed E-state index contributed by atoms with van der Waals surface area (Å²) in [5.74, 6) is 2.58. The number of hydrogen-bond acceptors (Lipinski definition) is 1. The highest BCUT2D eigenvalue weighted by Gasteiger charge is 2.62. The first-order chi connectivity index (χ1) is 14.1. The van der Waals surface area contributed by atoms with Gasteiger partial charge in [-0.15, -0.1) is 0 Å². The predicted molar refractivity (Wildman–Crippen MR) is 125 cm³/mol. The van der Waals surface area contributed by atoms with E-state index in [0.717, 1.165) is 17.6 Å². The van der Waals surface area contributed by atoms with Gasteiger partial charge < -0.3 is 0 Å². The highest BCUT2D eigenvalue weighted by molar-refractivity contribution is 5.96. The molecule has 1 heteroatoms. The maximum atomic E-state index is 13.4. The third kappa shape index (κ3) is 5.88. The molecule has 3 aliphatic carbocycles. The van der Waals surface area contributed by atoms with Crippen molar-refractivity contribution in [3.63, 3.8) is 0 Å². The van der Waals surface area contributed by atoms with Crippen molar-refractivity contribution in [1.29, 1.82) is 0 Å². The van der Waals surface area contributed by atoms with Gasteiger partial charge in [0.2, 0.25) is 0 Å². The maximum absolute atomic E-state index is 13.4. The molecule has 0 unspecified atom stereocenters. The summed E-state index contributed by atoms with van der Waals surface area (Å²) in [5.41, 5.74) is 0.289. The van der Waals surface area contributed by atoms with Gasteiger partial charge >= 0.3 is 0 Å². The molecule has 168 valence electrons. The lowest BCUT2D eigenvalue weighted by atomic mass is 9.43. The van der Waals surface area contributed by atoms with Crippen LogP contribution in [0.1, 0.15) is 149 Å². The molecular weight excluding hydrogens is 352 g/mol. The average Bonchev–Trinajstić information content (AvgIpc) is 2.75. The number of Topliss-reactive ketones (excluding diaryl/α,β-unsaturated/α-hetero) is 1. The number of hydrogen-bond donors (Lipinski definition) is 0. The molecule has 3 rings (SSSR count). The van der Waals surface area contributed by atoms with Crippen LogP contribution in [-0.4, -0.2) is 5.78 Å². The van der Waals surface area contributed by atoms with Crippen molar-refractivity contribution >= 4 is 5.78 Å². The topological polar surface area (TPSA) is 17.1 Å². The van der Waals surface area contributed by atoms with E-state index < -0.39 is 0 Å². The van der Waals surface area contributed by atoms with Crippen LogP contribution in [-0.2, 0) is 4.79 Å². The number of carbonyl (C=O) groups excluding carboxylic acids is 1. The second-order valence-electron chi connectivity index (χ2n) is 11.4. The minimum Gasteiger partial charge on any atom is -0.298 e. The van der Waals surface area contributed by atoms with Crippen molar-refractivity contribution < 1.29 is 4.79 Å². The fraction of sp³-hybridized carbons (Fsp3) is 0.964. The summed E-state index contributed by atoms with van der Waals surface area (Å²) in [6.07, 6.45) is 28.5. The van der Waals surface area contributed by atoms with E-state index in [1.54, 1.807) is 0 Å². The number of unbranched alkanes of at least 4 members (excludes halogenated alkanes) is 8. The van der Waals surface area contributed by atoms with Gasteiger partial charge in [0.25, 0.3) is 0 Å². The molecule has 3 fully saturated rings. The van der Waals surface area contributed by atoms with Crippen LogP contribution in [0.3, 0.4) is 0 Å². The van der Waals surface area contributed by atoms with E-state index in [1.165, 1.54) is 135 Å². The molecule has 3 saturated carbocycles. The largest absolute Gasteiger partial charge is 0.298 e. The quantitative estimate of drug-likeness (QED) is 0.297. The Bertz CT molecular complexity index is 435. The van der Waals surface area contributed by atoms with Gasteiger partial charge in [0.15, 0.2) is 0 Å². The zero-order chi connectivity index (χ0) is 20.6. The smallest absolute Gasteiger partial charge is 0.145 e. The Morgan fingerprint density at radius 1 is 0.621 bits per heavy atom. The van der Waals surface area contributed by atoms with Crippen molar-refractivity contribution in [3.8, 4) is 0 Å². The fourth-order valence-corrected chi connectivity index (χ4v) is 7.18. The minimum absolute atomic E-state index is 0.145. The zero-order valence-corrected chi connectivity index (χ0v) is 19.9. The van der Waals surface area contributed by atoms with Crippen molar-refractivity contribution in [3.05, 3.63) is 0 Å². The summed E-state index contributed by atoms with van der Waals surface area (Å²) in [5, 5.41) is 0. The maximum Gasteiger partial charge on any atom is 0.145 e. The molecule has 0 aromatic carbocycles. The van der Waals surface area contributed by atoms with Crippen LogP contribution >= 0.6 is 0 Å². The predicted octanol–water partition coefficient (Wildman–Crippen LogP) is 9.03. The molecule has 3 aliphatic rings. The fourth-order valence-electron chi connectivity index (χ4n) is 7.18. The molecule has 0 aliphatic heterocycles. The van der Waals surface area contributed by atoms with Crippen LogP contribution in [0.15, 0.2) is 0 Å². The van der Waals surface area contributed by atoms with Crippen molar-refractivity contribution in [2.24, 2.45) is 22.7 Å². The van der Waals surface area contributed by atoms with Gasteiger partial charge in [-0.25, -0.2) is 0 Å². The van der Waals surface area contributed by atoms with Gasteiger partial charge in [0.05, 0.1) is 0 Å². The SMILES string of the molecule is CCCCCCCC1CC[C@]2(CC1)C[C@@]1(CCC(CCCCCCC)CC1)C2=O. The molecule has 0 aromatic rings. The van der Waals surface area contributed by atoms with E-state index >= 15 is 0 Å². The van der Waals surface area contributed by atoms with E-state index in [1.807, 2.05) is 0 Å². The van der Waals surface area contributed by atoms with Gasteiger partial charge in [0, 0.05) is 10.8 Å². The molecule has 0 amide bonds. The molecule has 0 saturated heterocycles. The molecule has 0 radical (unpaired) electrons. The van der Waals surface area contributed by atoms with Gasteiger partial charge in [-0.2, -0.15) is 0 Å². The Morgan fingerprint density at radius 2 is 1.00 bits per heavy atom. The van der Waals surface area contributed by atoms with E-state index in [-0.39, 0.29) is 10.8 Å². The van der Waals surface area contributed by atoms with E-state index in [0.29, 0.717) is 0 Å². The van der Waals surface area contributed by atoms with Crippen LogP contribution in [0, 0.1) is 22.7 Å². The lowest BCUT2D eigenvalue weighted by molar-refractivity contribution is -0.169. The number of ketones is 1. The summed E-state index contributed by atoms with van der Waals surface area (Å²) < 4.78 is 0. The lowest BCUT2D eigenvalue weighted by Gasteiger charge is -2.59. The first kappa shape index (κ1) is 23.3. The molecule has 0 N–H and O–H groups in total. The zero-order valence-electron chi connectivity index (χ0n) is 19.9. The Kier molecular flexibility index (Phi) is 9.12. The number of carbonyl (C=O) groups is 1. The summed E-state index contributed by atoms with van der Waals surface area (Å²) in [6, 6.07) is 0. The highest BCUT2D eigenvalue weighted by Crippen LogP contribution is 2.64. The molecule has 0 atom stereocenters. The summed E-state index contributed by atoms with van der Waals surface area (Å²) in [7, 11) is 0. The van der Waals surface area contributed by atoms with Crippen molar-refractivity contribution in [2.45, 2.75) is 149 Å². The van der Waals surface area contributed by atoms with Crippen molar-refractivity contribution in [2.75, 3.05) is 0 Å². The van der Waals surface area contributed by atoms with Gasteiger partial charge in [-0.1, -0.05) is 90.9 Å². The Hall–Kier alpha value is -0.330. The van der Waals surface area contributed by atoms with E-state index in [4.69, 9.17) is 0 Å². The monoisotopic (exact) mass is 402 g/mol. The van der Waals surface area contributed by atoms with Crippen LogP contribution in [0.5, 0.6) is 0 Å². The molecular formula is C28H50O. The molecule has 0 aromatic heterocycles. The van der Waals surface area contributed by atoms with Gasteiger partial charge in [-0.05, 0) is 69.6 Å². The summed E-state index contributed by atoms with van der Waals surface area (Å²) in [4.78, 5) is 13.4. The Labute approximate surface area is 182 Å². The Morgan fingerprint density at radius 3 is 1.34 bits per heavy atom.